The predicted molar refractivity (Wildman–Crippen MR) is 42.6 cm³/mol. The average Bonchev–Trinajstić information content (AvgIpc) is 1.63. The summed E-state index contributed by atoms with van der Waals surface area (Å²) in [7, 11) is 0. The first-order valence-electron chi connectivity index (χ1n) is 3.50. The first-order chi connectivity index (χ1) is 4.13. The van der Waals surface area contributed by atoms with E-state index >= 15 is 0 Å². The normalized spacial score (nSPS) is 10.2. The molecule has 0 spiro atoms. The van der Waals surface area contributed by atoms with Crippen molar-refractivity contribution in [2.45, 2.75) is 33.2 Å². The Morgan fingerprint density at radius 3 is 2.44 bits per heavy atom. The smallest absolute Gasteiger partial charge is 0.00105 e. The van der Waals surface area contributed by atoms with Crippen molar-refractivity contribution < 1.29 is 0 Å². The summed E-state index contributed by atoms with van der Waals surface area (Å²) in [5.74, 6) is 0. The van der Waals surface area contributed by atoms with Gasteiger partial charge in [0.25, 0.3) is 0 Å². The molecule has 0 aromatic carbocycles. The van der Waals surface area contributed by atoms with Crippen molar-refractivity contribution in [3.05, 3.63) is 12.2 Å². The maximum atomic E-state index is 3.81. The van der Waals surface area contributed by atoms with Crippen molar-refractivity contribution in [3.8, 4) is 0 Å². The van der Waals surface area contributed by atoms with Crippen LogP contribution in [0.25, 0.3) is 0 Å². The molecule has 9 heavy (non-hydrogen) atoms. The molecular formula is C8H17N. The van der Waals surface area contributed by atoms with Crippen molar-refractivity contribution in [2.24, 2.45) is 0 Å². The van der Waals surface area contributed by atoms with Crippen LogP contribution in [0.5, 0.6) is 0 Å². The SMILES string of the molecule is C=C(C)CCNC(C)C. The lowest BCUT2D eigenvalue weighted by Crippen LogP contribution is -2.23. The molecule has 0 atom stereocenters. The van der Waals surface area contributed by atoms with Crippen molar-refractivity contribution >= 4 is 0 Å². The monoisotopic (exact) mass is 127 g/mol. The quantitative estimate of drug-likeness (QED) is 0.569. The van der Waals surface area contributed by atoms with E-state index < -0.39 is 0 Å². The van der Waals surface area contributed by atoms with E-state index in [0.29, 0.717) is 6.04 Å². The summed E-state index contributed by atoms with van der Waals surface area (Å²) >= 11 is 0. The second-order valence-corrected chi connectivity index (χ2v) is 2.82. The summed E-state index contributed by atoms with van der Waals surface area (Å²) in [6, 6.07) is 0.601. The van der Waals surface area contributed by atoms with E-state index in [1.165, 1.54) is 5.57 Å². The first-order valence-corrected chi connectivity index (χ1v) is 3.50. The Morgan fingerprint density at radius 1 is 1.56 bits per heavy atom. The molecule has 1 nitrogen and oxygen atoms in total. The Morgan fingerprint density at radius 2 is 2.11 bits per heavy atom. The van der Waals surface area contributed by atoms with Crippen LogP contribution in [0.2, 0.25) is 0 Å². The molecule has 0 heterocycles. The zero-order chi connectivity index (χ0) is 7.28. The van der Waals surface area contributed by atoms with Crippen LogP contribution in [0.1, 0.15) is 27.2 Å². The molecule has 0 aliphatic rings. The Labute approximate surface area is 58.2 Å². The molecule has 54 valence electrons. The van der Waals surface area contributed by atoms with Gasteiger partial charge in [-0.1, -0.05) is 19.4 Å². The summed E-state index contributed by atoms with van der Waals surface area (Å²) in [5, 5.41) is 3.32. The Balaban J connectivity index is 3.01. The van der Waals surface area contributed by atoms with E-state index in [1.807, 2.05) is 0 Å². The molecular weight excluding hydrogens is 110 g/mol. The van der Waals surface area contributed by atoms with Gasteiger partial charge in [-0.2, -0.15) is 0 Å². The largest absolute Gasteiger partial charge is 0.314 e. The highest BCUT2D eigenvalue weighted by molar-refractivity contribution is 4.88. The second kappa shape index (κ2) is 4.57. The van der Waals surface area contributed by atoms with Crippen molar-refractivity contribution in [1.82, 2.24) is 5.32 Å². The van der Waals surface area contributed by atoms with Crippen LogP contribution in [0.4, 0.5) is 0 Å². The molecule has 0 rings (SSSR count). The first kappa shape index (κ1) is 8.70. The van der Waals surface area contributed by atoms with Gasteiger partial charge in [-0.05, 0) is 19.9 Å². The summed E-state index contributed by atoms with van der Waals surface area (Å²) in [5.41, 5.74) is 1.25. The molecule has 0 amide bonds. The lowest BCUT2D eigenvalue weighted by atomic mass is 10.2. The lowest BCUT2D eigenvalue weighted by molar-refractivity contribution is 0.589. The Kier molecular flexibility index (Phi) is 4.41. The summed E-state index contributed by atoms with van der Waals surface area (Å²) in [6.07, 6.45) is 1.10. The van der Waals surface area contributed by atoms with Gasteiger partial charge in [0.1, 0.15) is 0 Å². The molecule has 0 saturated heterocycles. The van der Waals surface area contributed by atoms with E-state index in [0.717, 1.165) is 13.0 Å². The molecule has 1 N–H and O–H groups in total. The lowest BCUT2D eigenvalue weighted by Gasteiger charge is -2.06. The summed E-state index contributed by atoms with van der Waals surface area (Å²) < 4.78 is 0. The van der Waals surface area contributed by atoms with E-state index in [-0.39, 0.29) is 0 Å². The van der Waals surface area contributed by atoms with Crippen molar-refractivity contribution in [2.75, 3.05) is 6.54 Å². The van der Waals surface area contributed by atoms with Gasteiger partial charge >= 0.3 is 0 Å². The van der Waals surface area contributed by atoms with Crippen LogP contribution in [-0.2, 0) is 0 Å². The molecule has 0 bridgehead atoms. The zero-order valence-corrected chi connectivity index (χ0v) is 6.70. The minimum Gasteiger partial charge on any atom is -0.314 e. The van der Waals surface area contributed by atoms with Gasteiger partial charge in [-0.25, -0.2) is 0 Å². The zero-order valence-electron chi connectivity index (χ0n) is 6.70. The van der Waals surface area contributed by atoms with Crippen molar-refractivity contribution in [1.29, 1.82) is 0 Å². The predicted octanol–water partition coefficient (Wildman–Crippen LogP) is 1.95. The minimum atomic E-state index is 0.601. The van der Waals surface area contributed by atoms with Crippen LogP contribution in [-0.4, -0.2) is 12.6 Å². The fourth-order valence-corrected chi connectivity index (χ4v) is 0.574. The maximum absolute atomic E-state index is 3.81. The summed E-state index contributed by atoms with van der Waals surface area (Å²) in [6.45, 7) is 11.2. The van der Waals surface area contributed by atoms with E-state index in [4.69, 9.17) is 0 Å². The van der Waals surface area contributed by atoms with Gasteiger partial charge in [0.15, 0.2) is 0 Å². The topological polar surface area (TPSA) is 12.0 Å². The average molecular weight is 127 g/mol. The van der Waals surface area contributed by atoms with E-state index in [2.05, 4.69) is 32.7 Å². The van der Waals surface area contributed by atoms with Crippen LogP contribution < -0.4 is 5.32 Å². The molecule has 0 radical (unpaired) electrons. The fraction of sp³-hybridized carbons (Fsp3) is 0.750. The molecule has 1 heteroatoms. The van der Waals surface area contributed by atoms with Crippen LogP contribution in [0.15, 0.2) is 12.2 Å². The van der Waals surface area contributed by atoms with Gasteiger partial charge in [-0.15, -0.1) is 6.58 Å². The van der Waals surface area contributed by atoms with E-state index in [9.17, 15) is 0 Å². The van der Waals surface area contributed by atoms with Crippen LogP contribution >= 0.6 is 0 Å². The molecule has 0 saturated carbocycles. The molecule has 0 unspecified atom stereocenters. The van der Waals surface area contributed by atoms with Crippen molar-refractivity contribution in [3.63, 3.8) is 0 Å². The number of rotatable bonds is 4. The molecule has 0 aliphatic heterocycles. The highest BCUT2D eigenvalue weighted by Gasteiger charge is 1.89. The number of nitrogens with one attached hydrogen (secondary N) is 1. The highest BCUT2D eigenvalue weighted by Crippen LogP contribution is 1.92. The number of hydrogen-bond acceptors (Lipinski definition) is 1. The molecule has 0 aliphatic carbocycles. The summed E-state index contributed by atoms with van der Waals surface area (Å²) in [4.78, 5) is 0. The van der Waals surface area contributed by atoms with Crippen LogP contribution in [0.3, 0.4) is 0 Å². The van der Waals surface area contributed by atoms with Gasteiger partial charge < -0.3 is 5.32 Å². The minimum absolute atomic E-state index is 0.601. The van der Waals surface area contributed by atoms with Gasteiger partial charge in [0.05, 0.1) is 0 Å². The highest BCUT2D eigenvalue weighted by atomic mass is 14.9. The molecule has 0 fully saturated rings. The standard InChI is InChI=1S/C8H17N/c1-7(2)5-6-9-8(3)4/h8-9H,1,5-6H2,2-4H3. The Hall–Kier alpha value is -0.300. The molecule has 0 aromatic rings. The van der Waals surface area contributed by atoms with Crippen LogP contribution in [0, 0.1) is 0 Å². The molecule has 0 aromatic heterocycles. The third kappa shape index (κ3) is 7.70. The Bertz CT molecular complexity index is 84.6. The third-order valence-corrected chi connectivity index (χ3v) is 1.10. The van der Waals surface area contributed by atoms with Gasteiger partial charge in [0.2, 0.25) is 0 Å². The fourth-order valence-electron chi connectivity index (χ4n) is 0.574. The van der Waals surface area contributed by atoms with Gasteiger partial charge in [0, 0.05) is 6.04 Å². The number of hydrogen-bond donors (Lipinski definition) is 1. The van der Waals surface area contributed by atoms with Gasteiger partial charge in [-0.3, -0.25) is 0 Å². The third-order valence-electron chi connectivity index (χ3n) is 1.10. The van der Waals surface area contributed by atoms with E-state index in [1.54, 1.807) is 0 Å². The maximum Gasteiger partial charge on any atom is 0.00105 e. The second-order valence-electron chi connectivity index (χ2n) is 2.82.